The number of hydrogen-bond acceptors (Lipinski definition) is 4. The van der Waals surface area contributed by atoms with Gasteiger partial charge in [-0.2, -0.15) is 0 Å². The molecule has 5 heteroatoms. The standard InChI is InChI=1S/C10H14N2O2S/c1-7(2)3-4-11-5-8-6-15-9(12-8)10(13)14/h3,6,11H,4-5H2,1-2H3,(H,13,14). The van der Waals surface area contributed by atoms with E-state index in [2.05, 4.69) is 16.4 Å². The molecule has 0 amide bonds. The van der Waals surface area contributed by atoms with Crippen LogP contribution >= 0.6 is 11.3 Å². The van der Waals surface area contributed by atoms with Crippen LogP contribution in [0.3, 0.4) is 0 Å². The van der Waals surface area contributed by atoms with E-state index >= 15 is 0 Å². The zero-order valence-corrected chi connectivity index (χ0v) is 9.60. The fraction of sp³-hybridized carbons (Fsp3) is 0.400. The van der Waals surface area contributed by atoms with E-state index in [0.717, 1.165) is 23.6 Å². The number of aromatic carboxylic acids is 1. The van der Waals surface area contributed by atoms with Gasteiger partial charge in [0.2, 0.25) is 5.01 Å². The second-order valence-electron chi connectivity index (χ2n) is 3.36. The Kier molecular flexibility index (Phi) is 4.45. The van der Waals surface area contributed by atoms with Gasteiger partial charge in [0.15, 0.2) is 0 Å². The van der Waals surface area contributed by atoms with E-state index in [-0.39, 0.29) is 5.01 Å². The number of hydrogen-bond donors (Lipinski definition) is 2. The van der Waals surface area contributed by atoms with Crippen LogP contribution in [0.4, 0.5) is 0 Å². The van der Waals surface area contributed by atoms with Gasteiger partial charge in [0.05, 0.1) is 5.69 Å². The van der Waals surface area contributed by atoms with E-state index in [9.17, 15) is 4.79 Å². The van der Waals surface area contributed by atoms with Gasteiger partial charge in [-0.15, -0.1) is 11.3 Å². The normalized spacial score (nSPS) is 10.0. The number of rotatable bonds is 5. The van der Waals surface area contributed by atoms with Crippen molar-refractivity contribution < 1.29 is 9.90 Å². The monoisotopic (exact) mass is 226 g/mol. The Morgan fingerprint density at radius 1 is 1.67 bits per heavy atom. The van der Waals surface area contributed by atoms with Crippen LogP contribution in [0.15, 0.2) is 17.0 Å². The SMILES string of the molecule is CC(C)=CCNCc1csc(C(=O)O)n1. The zero-order valence-electron chi connectivity index (χ0n) is 8.78. The number of aromatic nitrogens is 1. The molecule has 82 valence electrons. The third-order valence-corrected chi connectivity index (χ3v) is 2.57. The molecule has 0 aromatic carbocycles. The van der Waals surface area contributed by atoms with Crippen molar-refractivity contribution >= 4 is 17.3 Å². The first kappa shape index (κ1) is 11.9. The van der Waals surface area contributed by atoms with Gasteiger partial charge in [0, 0.05) is 18.5 Å². The van der Waals surface area contributed by atoms with E-state index in [1.165, 1.54) is 5.57 Å². The molecule has 0 unspecified atom stereocenters. The Balaban J connectivity index is 2.38. The maximum atomic E-state index is 10.6. The van der Waals surface area contributed by atoms with Gasteiger partial charge in [-0.05, 0) is 13.8 Å². The molecule has 4 nitrogen and oxygen atoms in total. The quantitative estimate of drug-likeness (QED) is 0.594. The van der Waals surface area contributed by atoms with Crippen molar-refractivity contribution in [2.45, 2.75) is 20.4 Å². The Morgan fingerprint density at radius 2 is 2.40 bits per heavy atom. The topological polar surface area (TPSA) is 62.2 Å². The molecule has 1 aromatic rings. The first-order chi connectivity index (χ1) is 7.09. The molecule has 0 aliphatic rings. The fourth-order valence-electron chi connectivity index (χ4n) is 0.963. The first-order valence-corrected chi connectivity index (χ1v) is 5.49. The second kappa shape index (κ2) is 5.63. The summed E-state index contributed by atoms with van der Waals surface area (Å²) in [6.07, 6.45) is 2.07. The molecule has 0 atom stereocenters. The molecule has 0 aliphatic heterocycles. The zero-order chi connectivity index (χ0) is 11.3. The number of carbonyl (C=O) groups is 1. The molecule has 15 heavy (non-hydrogen) atoms. The van der Waals surface area contributed by atoms with Crippen LogP contribution in [-0.4, -0.2) is 22.6 Å². The highest BCUT2D eigenvalue weighted by molar-refractivity contribution is 7.11. The van der Waals surface area contributed by atoms with Crippen LogP contribution in [-0.2, 0) is 6.54 Å². The Labute approximate surface area is 92.7 Å². The van der Waals surface area contributed by atoms with E-state index < -0.39 is 5.97 Å². The van der Waals surface area contributed by atoms with Crippen LogP contribution in [0, 0.1) is 0 Å². The lowest BCUT2D eigenvalue weighted by Gasteiger charge is -1.97. The lowest BCUT2D eigenvalue weighted by Crippen LogP contribution is -2.13. The van der Waals surface area contributed by atoms with Gasteiger partial charge in [0.25, 0.3) is 0 Å². The second-order valence-corrected chi connectivity index (χ2v) is 4.22. The maximum absolute atomic E-state index is 10.6. The van der Waals surface area contributed by atoms with Crippen molar-refractivity contribution in [3.8, 4) is 0 Å². The predicted molar refractivity (Wildman–Crippen MR) is 60.2 cm³/mol. The Hall–Kier alpha value is -1.20. The van der Waals surface area contributed by atoms with Gasteiger partial charge in [0.1, 0.15) is 0 Å². The number of thiazole rings is 1. The van der Waals surface area contributed by atoms with Crippen LogP contribution in [0.2, 0.25) is 0 Å². The summed E-state index contributed by atoms with van der Waals surface area (Å²) in [6.45, 7) is 5.45. The highest BCUT2D eigenvalue weighted by atomic mass is 32.1. The summed E-state index contributed by atoms with van der Waals surface area (Å²) >= 11 is 1.16. The highest BCUT2D eigenvalue weighted by Gasteiger charge is 2.07. The third-order valence-electron chi connectivity index (χ3n) is 1.70. The molecule has 1 rings (SSSR count). The molecule has 0 bridgehead atoms. The molecule has 0 saturated heterocycles. The van der Waals surface area contributed by atoms with Gasteiger partial charge < -0.3 is 10.4 Å². The summed E-state index contributed by atoms with van der Waals surface area (Å²) in [5.41, 5.74) is 2.03. The largest absolute Gasteiger partial charge is 0.476 e. The first-order valence-electron chi connectivity index (χ1n) is 4.61. The summed E-state index contributed by atoms with van der Waals surface area (Å²) in [6, 6.07) is 0. The van der Waals surface area contributed by atoms with E-state index in [1.54, 1.807) is 5.38 Å². The minimum absolute atomic E-state index is 0.147. The summed E-state index contributed by atoms with van der Waals surface area (Å²) in [4.78, 5) is 14.5. The number of allylic oxidation sites excluding steroid dienone is 1. The smallest absolute Gasteiger partial charge is 0.365 e. The number of nitrogens with one attached hydrogen (secondary N) is 1. The number of carboxylic acids is 1. The molecule has 1 aromatic heterocycles. The molecule has 2 N–H and O–H groups in total. The lowest BCUT2D eigenvalue weighted by molar-refractivity contribution is 0.0696. The summed E-state index contributed by atoms with van der Waals surface area (Å²) in [5, 5.41) is 13.7. The Bertz CT molecular complexity index is 367. The van der Waals surface area contributed by atoms with E-state index in [0.29, 0.717) is 6.54 Å². The van der Waals surface area contributed by atoms with Crippen molar-refractivity contribution in [2.24, 2.45) is 0 Å². The Morgan fingerprint density at radius 3 is 2.93 bits per heavy atom. The van der Waals surface area contributed by atoms with Crippen LogP contribution in [0.1, 0.15) is 29.3 Å². The average Bonchev–Trinajstić information content (AvgIpc) is 2.60. The molecule has 0 radical (unpaired) electrons. The lowest BCUT2D eigenvalue weighted by atomic mass is 10.3. The molecule has 0 spiro atoms. The van der Waals surface area contributed by atoms with Crippen LogP contribution < -0.4 is 5.32 Å². The van der Waals surface area contributed by atoms with Gasteiger partial charge in [-0.25, -0.2) is 9.78 Å². The summed E-state index contributed by atoms with van der Waals surface area (Å²) in [7, 11) is 0. The van der Waals surface area contributed by atoms with Crippen LogP contribution in [0.5, 0.6) is 0 Å². The van der Waals surface area contributed by atoms with Crippen molar-refractivity contribution in [3.63, 3.8) is 0 Å². The molecular formula is C10H14N2O2S. The summed E-state index contributed by atoms with van der Waals surface area (Å²) < 4.78 is 0. The molecule has 1 heterocycles. The summed E-state index contributed by atoms with van der Waals surface area (Å²) in [5.74, 6) is -0.962. The average molecular weight is 226 g/mol. The van der Waals surface area contributed by atoms with Crippen molar-refractivity contribution in [1.29, 1.82) is 0 Å². The van der Waals surface area contributed by atoms with Crippen molar-refractivity contribution in [1.82, 2.24) is 10.3 Å². The number of nitrogens with zero attached hydrogens (tertiary/aromatic N) is 1. The van der Waals surface area contributed by atoms with Crippen LogP contribution in [0.25, 0.3) is 0 Å². The minimum atomic E-state index is -0.962. The maximum Gasteiger partial charge on any atom is 0.365 e. The molecule has 0 saturated carbocycles. The van der Waals surface area contributed by atoms with E-state index in [4.69, 9.17) is 5.11 Å². The van der Waals surface area contributed by atoms with Crippen molar-refractivity contribution in [3.05, 3.63) is 27.7 Å². The predicted octanol–water partition coefficient (Wildman–Crippen LogP) is 1.90. The van der Waals surface area contributed by atoms with Gasteiger partial charge in [-0.3, -0.25) is 0 Å². The number of carboxylic acid groups (broad SMARTS) is 1. The minimum Gasteiger partial charge on any atom is -0.476 e. The fourth-order valence-corrected chi connectivity index (χ4v) is 1.62. The molecule has 0 aliphatic carbocycles. The van der Waals surface area contributed by atoms with Gasteiger partial charge in [-0.1, -0.05) is 11.6 Å². The highest BCUT2D eigenvalue weighted by Crippen LogP contribution is 2.08. The molecular weight excluding hydrogens is 212 g/mol. The third kappa shape index (κ3) is 4.22. The molecule has 0 fully saturated rings. The van der Waals surface area contributed by atoms with E-state index in [1.807, 2.05) is 13.8 Å². The van der Waals surface area contributed by atoms with Gasteiger partial charge >= 0.3 is 5.97 Å². The van der Waals surface area contributed by atoms with Crippen molar-refractivity contribution in [2.75, 3.05) is 6.54 Å².